The molecule has 28 heavy (non-hydrogen) atoms. The number of thioether (sulfide) groups is 1. The highest BCUT2D eigenvalue weighted by Crippen LogP contribution is 2.38. The van der Waals surface area contributed by atoms with Crippen LogP contribution in [0.3, 0.4) is 0 Å². The minimum Gasteiger partial charge on any atom is -0.492 e. The van der Waals surface area contributed by atoms with E-state index in [2.05, 4.69) is 51.2 Å². The van der Waals surface area contributed by atoms with Crippen molar-refractivity contribution >= 4 is 96.8 Å². The quantitative estimate of drug-likeness (QED) is 0.237. The second-order valence-corrected chi connectivity index (χ2v) is 10.3. The number of hydrogen-bond donors (Lipinski definition) is 0. The topological polar surface area (TPSA) is 32.8 Å². The summed E-state index contributed by atoms with van der Waals surface area (Å²) in [5, 5.41) is 0. The summed E-state index contributed by atoms with van der Waals surface area (Å²) in [7, 11) is 3.96. The lowest BCUT2D eigenvalue weighted by atomic mass is 10.2. The van der Waals surface area contributed by atoms with Gasteiger partial charge in [0.1, 0.15) is 5.75 Å². The van der Waals surface area contributed by atoms with E-state index in [0.717, 1.165) is 29.8 Å². The molecule has 2 aromatic carbocycles. The van der Waals surface area contributed by atoms with E-state index in [9.17, 15) is 4.79 Å². The summed E-state index contributed by atoms with van der Waals surface area (Å²) in [5.74, 6) is 0.688. The van der Waals surface area contributed by atoms with E-state index in [1.165, 1.54) is 11.8 Å². The number of carbonyl (C=O) groups excluding carboxylic acids is 1. The molecule has 1 saturated heterocycles. The summed E-state index contributed by atoms with van der Waals surface area (Å²) in [5.41, 5.74) is 2.74. The molecule has 4 nitrogen and oxygen atoms in total. The Morgan fingerprint density at radius 1 is 1.21 bits per heavy atom. The molecular formula is C20H18I2N2O2S2. The SMILES string of the molecule is CCOc1c(I)cc(I)cc1C=C1SC(=S)N(c2ccc(N(C)C)cc2)C1=O. The van der Waals surface area contributed by atoms with Crippen molar-refractivity contribution in [3.05, 3.63) is 54.0 Å². The summed E-state index contributed by atoms with van der Waals surface area (Å²) in [6.45, 7) is 2.52. The number of ether oxygens (including phenoxy) is 1. The number of amides is 1. The second kappa shape index (κ2) is 9.31. The van der Waals surface area contributed by atoms with E-state index in [0.29, 0.717) is 15.8 Å². The molecule has 2 aromatic rings. The monoisotopic (exact) mass is 636 g/mol. The van der Waals surface area contributed by atoms with E-state index in [1.807, 2.05) is 62.3 Å². The summed E-state index contributed by atoms with van der Waals surface area (Å²) in [6.07, 6.45) is 1.88. The van der Waals surface area contributed by atoms with Gasteiger partial charge in [-0.05, 0) is 94.6 Å². The maximum Gasteiger partial charge on any atom is 0.270 e. The van der Waals surface area contributed by atoms with Gasteiger partial charge in [0.25, 0.3) is 5.91 Å². The summed E-state index contributed by atoms with van der Waals surface area (Å²) < 4.78 is 8.46. The number of thiocarbonyl (C=S) groups is 1. The Morgan fingerprint density at radius 3 is 2.50 bits per heavy atom. The van der Waals surface area contributed by atoms with E-state index >= 15 is 0 Å². The largest absolute Gasteiger partial charge is 0.492 e. The van der Waals surface area contributed by atoms with E-state index in [4.69, 9.17) is 17.0 Å². The summed E-state index contributed by atoms with van der Waals surface area (Å²) in [6, 6.07) is 11.9. The van der Waals surface area contributed by atoms with Crippen LogP contribution in [-0.4, -0.2) is 30.9 Å². The van der Waals surface area contributed by atoms with Crippen LogP contribution in [0.15, 0.2) is 41.3 Å². The van der Waals surface area contributed by atoms with E-state index < -0.39 is 0 Å². The molecule has 8 heteroatoms. The third-order valence-corrected chi connectivity index (χ3v) is 6.76. The zero-order valence-corrected chi connectivity index (χ0v) is 21.5. The van der Waals surface area contributed by atoms with Gasteiger partial charge >= 0.3 is 0 Å². The lowest BCUT2D eigenvalue weighted by Gasteiger charge is -2.17. The van der Waals surface area contributed by atoms with Crippen molar-refractivity contribution in [1.29, 1.82) is 0 Å². The molecule has 3 rings (SSSR count). The van der Waals surface area contributed by atoms with Gasteiger partial charge in [-0.15, -0.1) is 0 Å². The third-order valence-electron chi connectivity index (χ3n) is 4.03. The first-order chi connectivity index (χ1) is 13.3. The molecule has 1 aliphatic heterocycles. The van der Waals surface area contributed by atoms with Gasteiger partial charge in [0.2, 0.25) is 0 Å². The van der Waals surface area contributed by atoms with Crippen LogP contribution >= 0.6 is 69.2 Å². The van der Waals surface area contributed by atoms with Gasteiger partial charge in [0, 0.05) is 28.9 Å². The van der Waals surface area contributed by atoms with Gasteiger partial charge in [-0.25, -0.2) is 0 Å². The Morgan fingerprint density at radius 2 is 1.89 bits per heavy atom. The summed E-state index contributed by atoms with van der Waals surface area (Å²) >= 11 is 11.3. The number of hydrogen-bond acceptors (Lipinski definition) is 5. The van der Waals surface area contributed by atoms with Crippen molar-refractivity contribution < 1.29 is 9.53 Å². The van der Waals surface area contributed by atoms with Crippen LogP contribution < -0.4 is 14.5 Å². The fourth-order valence-electron chi connectivity index (χ4n) is 2.72. The smallest absolute Gasteiger partial charge is 0.270 e. The molecule has 0 radical (unpaired) electrons. The third kappa shape index (κ3) is 4.65. The lowest BCUT2D eigenvalue weighted by Crippen LogP contribution is -2.27. The Kier molecular flexibility index (Phi) is 7.26. The Balaban J connectivity index is 1.96. The fraction of sp³-hybridized carbons (Fsp3) is 0.200. The molecule has 0 aromatic heterocycles. The molecule has 0 N–H and O–H groups in total. The molecule has 0 spiro atoms. The van der Waals surface area contributed by atoms with Crippen LogP contribution in [0.4, 0.5) is 11.4 Å². The van der Waals surface area contributed by atoms with Gasteiger partial charge < -0.3 is 9.64 Å². The van der Waals surface area contributed by atoms with Crippen molar-refractivity contribution in [3.63, 3.8) is 0 Å². The van der Waals surface area contributed by atoms with Crippen molar-refractivity contribution in [3.8, 4) is 5.75 Å². The number of rotatable bonds is 5. The standard InChI is InChI=1S/C20H18I2N2O2S2/c1-4-26-18-12(9-13(21)11-16(18)22)10-17-19(25)24(20(27)28-17)15-7-5-14(6-8-15)23(2)3/h5-11H,4H2,1-3H3. The highest BCUT2D eigenvalue weighted by Gasteiger charge is 2.33. The Bertz CT molecular complexity index is 959. The van der Waals surface area contributed by atoms with Crippen molar-refractivity contribution in [1.82, 2.24) is 0 Å². The zero-order chi connectivity index (χ0) is 20.4. The van der Waals surface area contributed by atoms with Crippen molar-refractivity contribution in [2.24, 2.45) is 0 Å². The molecule has 1 heterocycles. The van der Waals surface area contributed by atoms with Crippen LogP contribution in [0.25, 0.3) is 6.08 Å². The maximum absolute atomic E-state index is 13.1. The first-order valence-corrected chi connectivity index (χ1v) is 11.9. The van der Waals surface area contributed by atoms with Gasteiger partial charge in [-0.3, -0.25) is 9.69 Å². The van der Waals surface area contributed by atoms with Gasteiger partial charge in [-0.1, -0.05) is 24.0 Å². The number of halogens is 2. The molecule has 0 aliphatic carbocycles. The Labute approximate surface area is 202 Å². The van der Waals surface area contributed by atoms with Crippen molar-refractivity contribution in [2.45, 2.75) is 6.92 Å². The van der Waals surface area contributed by atoms with Crippen LogP contribution in [0, 0.1) is 7.14 Å². The predicted octanol–water partition coefficient (Wildman–Crippen LogP) is 5.77. The summed E-state index contributed by atoms with van der Waals surface area (Å²) in [4.78, 5) is 17.3. The van der Waals surface area contributed by atoms with Crippen LogP contribution in [0.1, 0.15) is 12.5 Å². The molecule has 1 amide bonds. The minimum absolute atomic E-state index is 0.107. The molecule has 1 fully saturated rings. The average molecular weight is 636 g/mol. The van der Waals surface area contributed by atoms with E-state index in [-0.39, 0.29) is 5.91 Å². The highest BCUT2D eigenvalue weighted by molar-refractivity contribution is 14.1. The normalized spacial score (nSPS) is 15.5. The van der Waals surface area contributed by atoms with Crippen LogP contribution in [0.5, 0.6) is 5.75 Å². The number of benzene rings is 2. The fourth-order valence-corrected chi connectivity index (χ4v) is 6.05. The Hall–Kier alpha value is -0.850. The molecular weight excluding hydrogens is 618 g/mol. The van der Waals surface area contributed by atoms with Gasteiger partial charge in [0.15, 0.2) is 4.32 Å². The average Bonchev–Trinajstić information content (AvgIpc) is 2.91. The minimum atomic E-state index is -0.107. The molecule has 0 bridgehead atoms. The van der Waals surface area contributed by atoms with Crippen molar-refractivity contribution in [2.75, 3.05) is 30.5 Å². The second-order valence-electron chi connectivity index (χ2n) is 6.17. The molecule has 0 saturated carbocycles. The molecule has 0 unspecified atom stereocenters. The van der Waals surface area contributed by atoms with Gasteiger partial charge in [-0.2, -0.15) is 0 Å². The number of carbonyl (C=O) groups is 1. The lowest BCUT2D eigenvalue weighted by molar-refractivity contribution is -0.113. The predicted molar refractivity (Wildman–Crippen MR) is 139 cm³/mol. The van der Waals surface area contributed by atoms with E-state index in [1.54, 1.807) is 4.90 Å². The van der Waals surface area contributed by atoms with Crippen LogP contribution in [-0.2, 0) is 4.79 Å². The first-order valence-electron chi connectivity index (χ1n) is 8.49. The number of nitrogens with zero attached hydrogens (tertiary/aromatic N) is 2. The maximum atomic E-state index is 13.1. The molecule has 146 valence electrons. The molecule has 1 aliphatic rings. The first kappa shape index (κ1) is 21.8. The zero-order valence-electron chi connectivity index (χ0n) is 15.5. The highest BCUT2D eigenvalue weighted by atomic mass is 127. The van der Waals surface area contributed by atoms with Gasteiger partial charge in [0.05, 0.1) is 20.8 Å². The van der Waals surface area contributed by atoms with Crippen LogP contribution in [0.2, 0.25) is 0 Å². The number of anilines is 2. The molecule has 0 atom stereocenters.